The van der Waals surface area contributed by atoms with Gasteiger partial charge in [-0.25, -0.2) is 4.98 Å². The van der Waals surface area contributed by atoms with Crippen molar-refractivity contribution in [1.82, 2.24) is 4.98 Å². The Hall–Kier alpha value is -3.16. The average molecular weight is 439 g/mol. The second kappa shape index (κ2) is 6.97. The van der Waals surface area contributed by atoms with Crippen LogP contribution in [0.2, 0.25) is 5.02 Å². The molecule has 150 valence electrons. The predicted molar refractivity (Wildman–Crippen MR) is 116 cm³/mol. The van der Waals surface area contributed by atoms with Crippen molar-refractivity contribution in [1.29, 1.82) is 0 Å². The Kier molecular flexibility index (Phi) is 4.38. The van der Waals surface area contributed by atoms with Gasteiger partial charge >= 0.3 is 0 Å². The number of methoxy groups -OCH3 is 1. The number of anilines is 1. The zero-order chi connectivity index (χ0) is 21.0. The van der Waals surface area contributed by atoms with Crippen LogP contribution in [0.15, 0.2) is 57.1 Å². The number of fused-ring (bicyclic) bond motifs is 2. The van der Waals surface area contributed by atoms with Crippen LogP contribution in [0.3, 0.4) is 0 Å². The Morgan fingerprint density at radius 2 is 1.93 bits per heavy atom. The van der Waals surface area contributed by atoms with E-state index in [9.17, 15) is 9.59 Å². The van der Waals surface area contributed by atoms with Crippen LogP contribution in [0.4, 0.5) is 5.13 Å². The number of aromatic nitrogens is 1. The van der Waals surface area contributed by atoms with E-state index in [1.54, 1.807) is 37.4 Å². The molecule has 0 N–H and O–H groups in total. The number of nitrogens with zero attached hydrogens (tertiary/aromatic N) is 2. The number of carbonyl (C=O) groups is 1. The van der Waals surface area contributed by atoms with Crippen molar-refractivity contribution in [2.75, 3.05) is 12.0 Å². The highest BCUT2D eigenvalue weighted by molar-refractivity contribution is 7.14. The molecule has 30 heavy (non-hydrogen) atoms. The van der Waals surface area contributed by atoms with Gasteiger partial charge in [0, 0.05) is 10.4 Å². The van der Waals surface area contributed by atoms with Gasteiger partial charge in [0.1, 0.15) is 11.3 Å². The molecular weight excluding hydrogens is 424 g/mol. The van der Waals surface area contributed by atoms with Crippen LogP contribution >= 0.6 is 22.9 Å². The van der Waals surface area contributed by atoms with Gasteiger partial charge in [-0.05, 0) is 42.8 Å². The van der Waals surface area contributed by atoms with Gasteiger partial charge in [-0.3, -0.25) is 14.5 Å². The summed E-state index contributed by atoms with van der Waals surface area (Å²) in [6.45, 7) is 1.86. The Labute approximate surface area is 180 Å². The maximum absolute atomic E-state index is 13.5. The van der Waals surface area contributed by atoms with Gasteiger partial charge in [0.15, 0.2) is 10.6 Å². The number of carbonyl (C=O) groups excluding carboxylic acids is 1. The van der Waals surface area contributed by atoms with E-state index in [0.29, 0.717) is 26.9 Å². The summed E-state index contributed by atoms with van der Waals surface area (Å²) in [4.78, 5) is 32.9. The molecule has 1 aliphatic rings. The van der Waals surface area contributed by atoms with Crippen molar-refractivity contribution in [3.05, 3.63) is 85.7 Å². The smallest absolute Gasteiger partial charge is 0.297 e. The van der Waals surface area contributed by atoms with Gasteiger partial charge in [-0.1, -0.05) is 23.7 Å². The number of amides is 1. The lowest BCUT2D eigenvalue weighted by Crippen LogP contribution is -2.29. The normalized spacial score (nSPS) is 15.6. The summed E-state index contributed by atoms with van der Waals surface area (Å²) >= 11 is 7.45. The Morgan fingerprint density at radius 1 is 1.17 bits per heavy atom. The summed E-state index contributed by atoms with van der Waals surface area (Å²) in [6, 6.07) is 11.4. The highest BCUT2D eigenvalue weighted by atomic mass is 35.5. The molecule has 0 bridgehead atoms. The van der Waals surface area contributed by atoms with Crippen LogP contribution in [0.25, 0.3) is 11.0 Å². The molecule has 2 aromatic carbocycles. The molecule has 6 nitrogen and oxygen atoms in total. The van der Waals surface area contributed by atoms with Crippen LogP contribution in [0.1, 0.15) is 33.4 Å². The van der Waals surface area contributed by atoms with Crippen LogP contribution in [0, 0.1) is 6.92 Å². The van der Waals surface area contributed by atoms with Gasteiger partial charge < -0.3 is 9.15 Å². The first kappa shape index (κ1) is 18.8. The molecule has 1 aliphatic heterocycles. The number of rotatable bonds is 3. The molecule has 0 aliphatic carbocycles. The molecule has 0 spiro atoms. The van der Waals surface area contributed by atoms with Crippen molar-refractivity contribution < 1.29 is 13.9 Å². The molecule has 5 rings (SSSR count). The first-order valence-corrected chi connectivity index (χ1v) is 10.4. The van der Waals surface area contributed by atoms with Gasteiger partial charge in [-0.15, -0.1) is 11.3 Å². The maximum atomic E-state index is 13.5. The van der Waals surface area contributed by atoms with E-state index >= 15 is 0 Å². The summed E-state index contributed by atoms with van der Waals surface area (Å²) in [5, 5.41) is 3.13. The number of ether oxygens (including phenoxy) is 1. The molecule has 0 saturated heterocycles. The fraction of sp³-hybridized carbons (Fsp3) is 0.136. The molecular formula is C22H15ClN2O4S. The average Bonchev–Trinajstić information content (AvgIpc) is 3.30. The summed E-state index contributed by atoms with van der Waals surface area (Å²) < 4.78 is 11.2. The molecule has 0 saturated carbocycles. The lowest BCUT2D eigenvalue weighted by molar-refractivity contribution is 0.0971. The monoisotopic (exact) mass is 438 g/mol. The third-order valence-corrected chi connectivity index (χ3v) is 6.27. The minimum atomic E-state index is -0.663. The Balaban J connectivity index is 1.80. The molecule has 3 heterocycles. The van der Waals surface area contributed by atoms with Crippen molar-refractivity contribution >= 4 is 44.9 Å². The van der Waals surface area contributed by atoms with Gasteiger partial charge in [0.25, 0.3) is 5.91 Å². The lowest BCUT2D eigenvalue weighted by Gasteiger charge is -2.22. The van der Waals surface area contributed by atoms with Crippen molar-refractivity contribution in [2.45, 2.75) is 13.0 Å². The summed E-state index contributed by atoms with van der Waals surface area (Å²) in [7, 11) is 1.58. The largest absolute Gasteiger partial charge is 0.497 e. The van der Waals surface area contributed by atoms with Gasteiger partial charge in [-0.2, -0.15) is 0 Å². The molecule has 4 aromatic rings. The minimum Gasteiger partial charge on any atom is -0.497 e. The van der Waals surface area contributed by atoms with E-state index in [-0.39, 0.29) is 16.8 Å². The molecule has 2 aromatic heterocycles. The SMILES string of the molecule is COc1ccc([C@H]2c3c(oc4ccc(Cl)cc4c3=O)C(=O)N2c2nc(C)cs2)cc1. The molecule has 1 amide bonds. The number of hydrogen-bond acceptors (Lipinski definition) is 6. The molecule has 8 heteroatoms. The number of aryl methyl sites for hydroxylation is 1. The van der Waals surface area contributed by atoms with E-state index in [4.69, 9.17) is 20.8 Å². The second-order valence-corrected chi connectivity index (χ2v) is 8.21. The first-order chi connectivity index (χ1) is 14.5. The Bertz CT molecular complexity index is 1360. The van der Waals surface area contributed by atoms with E-state index < -0.39 is 11.9 Å². The van der Waals surface area contributed by atoms with Crippen LogP contribution in [0.5, 0.6) is 5.75 Å². The fourth-order valence-corrected chi connectivity index (χ4v) is 4.70. The Morgan fingerprint density at radius 3 is 2.60 bits per heavy atom. The molecule has 1 atom stereocenters. The number of hydrogen-bond donors (Lipinski definition) is 0. The number of benzene rings is 2. The van der Waals surface area contributed by atoms with Crippen LogP contribution in [-0.2, 0) is 0 Å². The third kappa shape index (κ3) is 2.81. The lowest BCUT2D eigenvalue weighted by atomic mass is 9.98. The van der Waals surface area contributed by atoms with E-state index in [1.807, 2.05) is 24.4 Å². The summed E-state index contributed by atoms with van der Waals surface area (Å²) in [6.07, 6.45) is 0. The molecule has 0 radical (unpaired) electrons. The van der Waals surface area contributed by atoms with Crippen LogP contribution in [-0.4, -0.2) is 18.0 Å². The number of halogens is 1. The standard InChI is InChI=1S/C22H15ClN2O4S/c1-11-10-30-22(24-11)25-18(12-3-6-14(28-2)7-4-12)17-19(26)15-9-13(23)5-8-16(15)29-20(17)21(25)27/h3-10,18H,1-2H3/t18-/m0/s1. The van der Waals surface area contributed by atoms with E-state index in [0.717, 1.165) is 11.3 Å². The quantitative estimate of drug-likeness (QED) is 0.451. The van der Waals surface area contributed by atoms with Crippen LogP contribution < -0.4 is 15.1 Å². The molecule has 0 unspecified atom stereocenters. The minimum absolute atomic E-state index is 0.0310. The van der Waals surface area contributed by atoms with Crippen molar-refractivity contribution in [2.24, 2.45) is 0 Å². The van der Waals surface area contributed by atoms with Gasteiger partial charge in [0.05, 0.1) is 29.8 Å². The topological polar surface area (TPSA) is 72.6 Å². The first-order valence-electron chi connectivity index (χ1n) is 9.14. The zero-order valence-electron chi connectivity index (χ0n) is 16.0. The fourth-order valence-electron chi connectivity index (χ4n) is 3.70. The van der Waals surface area contributed by atoms with Gasteiger partial charge in [0.2, 0.25) is 5.76 Å². The van der Waals surface area contributed by atoms with E-state index in [2.05, 4.69) is 4.98 Å². The summed E-state index contributed by atoms with van der Waals surface area (Å²) in [5.41, 5.74) is 1.88. The zero-order valence-corrected chi connectivity index (χ0v) is 17.6. The van der Waals surface area contributed by atoms with E-state index in [1.165, 1.54) is 16.2 Å². The second-order valence-electron chi connectivity index (χ2n) is 6.94. The highest BCUT2D eigenvalue weighted by Gasteiger charge is 2.44. The predicted octanol–water partition coefficient (Wildman–Crippen LogP) is 4.97. The third-order valence-electron chi connectivity index (χ3n) is 5.08. The number of thiazole rings is 1. The molecule has 0 fully saturated rings. The summed E-state index contributed by atoms with van der Waals surface area (Å²) in [5.74, 6) is 0.315. The highest BCUT2D eigenvalue weighted by Crippen LogP contribution is 2.42. The maximum Gasteiger partial charge on any atom is 0.297 e. The van der Waals surface area contributed by atoms with Crippen molar-refractivity contribution in [3.8, 4) is 5.75 Å². The van der Waals surface area contributed by atoms with Crippen molar-refractivity contribution in [3.63, 3.8) is 0 Å².